The summed E-state index contributed by atoms with van der Waals surface area (Å²) < 4.78 is 25.3. The fraction of sp³-hybridized carbons (Fsp3) is 0.192. The molecular weight excluding hydrogens is 473 g/mol. The Morgan fingerprint density at radius 1 is 1.03 bits per heavy atom. The van der Waals surface area contributed by atoms with E-state index in [4.69, 9.17) is 21.1 Å². The molecule has 0 bridgehead atoms. The molecule has 182 valence electrons. The number of hydrazone groups is 1. The molecule has 0 aliphatic rings. The smallest absolute Gasteiger partial charge is 0.252 e. The van der Waals surface area contributed by atoms with E-state index in [0.29, 0.717) is 35.3 Å². The normalized spacial score (nSPS) is 11.7. The van der Waals surface area contributed by atoms with Crippen molar-refractivity contribution in [2.24, 2.45) is 11.0 Å². The van der Waals surface area contributed by atoms with Crippen LogP contribution < -0.4 is 20.2 Å². The number of hydrogen-bond donors (Lipinski definition) is 2. The van der Waals surface area contributed by atoms with Crippen LogP contribution in [0.4, 0.5) is 10.1 Å². The second kappa shape index (κ2) is 12.5. The van der Waals surface area contributed by atoms with Crippen LogP contribution in [0.25, 0.3) is 0 Å². The molecule has 9 heteroatoms. The van der Waals surface area contributed by atoms with Gasteiger partial charge < -0.3 is 14.8 Å². The number of rotatable bonds is 10. The van der Waals surface area contributed by atoms with Crippen LogP contribution in [-0.4, -0.2) is 24.6 Å². The summed E-state index contributed by atoms with van der Waals surface area (Å²) in [5.74, 6) is -1.88. The van der Waals surface area contributed by atoms with E-state index in [9.17, 15) is 14.0 Å². The van der Waals surface area contributed by atoms with Gasteiger partial charge in [0.2, 0.25) is 5.91 Å². The molecule has 0 spiro atoms. The first-order valence-electron chi connectivity index (χ1n) is 10.9. The van der Waals surface area contributed by atoms with E-state index >= 15 is 0 Å². The summed E-state index contributed by atoms with van der Waals surface area (Å²) in [6, 6.07) is 18.3. The molecule has 0 saturated heterocycles. The second-order valence-electron chi connectivity index (χ2n) is 7.48. The maximum absolute atomic E-state index is 13.7. The number of ether oxygens (including phenoxy) is 2. The zero-order chi connectivity index (χ0) is 25.2. The van der Waals surface area contributed by atoms with Crippen molar-refractivity contribution >= 4 is 35.3 Å². The third-order valence-electron chi connectivity index (χ3n) is 4.88. The predicted octanol–water partition coefficient (Wildman–Crippen LogP) is 5.18. The Kier molecular flexibility index (Phi) is 9.20. The summed E-state index contributed by atoms with van der Waals surface area (Å²) in [4.78, 5) is 24.5. The lowest BCUT2D eigenvalue weighted by atomic mass is 10.1. The number of carbonyl (C=O) groups is 2. The Bertz CT molecular complexity index is 1200. The minimum Gasteiger partial charge on any atom is -0.490 e. The SMILES string of the molecule is CCOc1cc(C=NNC(=O)C(C)C(=O)Nc2ccccc2F)ccc1OCc1ccc(Cl)cc1. The van der Waals surface area contributed by atoms with Gasteiger partial charge in [-0.05, 0) is 67.4 Å². The molecule has 2 amide bonds. The lowest BCUT2D eigenvalue weighted by molar-refractivity contribution is -0.131. The molecule has 0 heterocycles. The Morgan fingerprint density at radius 2 is 1.77 bits per heavy atom. The highest BCUT2D eigenvalue weighted by Crippen LogP contribution is 2.29. The van der Waals surface area contributed by atoms with Crippen molar-refractivity contribution in [3.63, 3.8) is 0 Å². The third kappa shape index (κ3) is 7.55. The molecule has 0 aliphatic heterocycles. The van der Waals surface area contributed by atoms with Gasteiger partial charge in [0.25, 0.3) is 5.91 Å². The minimum atomic E-state index is -1.09. The molecule has 0 saturated carbocycles. The molecular formula is C26H25ClFN3O4. The largest absolute Gasteiger partial charge is 0.490 e. The molecule has 3 aromatic rings. The molecule has 1 unspecified atom stereocenters. The van der Waals surface area contributed by atoms with E-state index in [-0.39, 0.29) is 5.69 Å². The summed E-state index contributed by atoms with van der Waals surface area (Å²) in [6.07, 6.45) is 1.42. The fourth-order valence-electron chi connectivity index (χ4n) is 2.92. The monoisotopic (exact) mass is 497 g/mol. The van der Waals surface area contributed by atoms with Crippen molar-refractivity contribution in [2.45, 2.75) is 20.5 Å². The average molecular weight is 498 g/mol. The second-order valence-corrected chi connectivity index (χ2v) is 7.92. The van der Waals surface area contributed by atoms with Gasteiger partial charge in [-0.25, -0.2) is 9.82 Å². The molecule has 7 nitrogen and oxygen atoms in total. The van der Waals surface area contributed by atoms with Crippen LogP contribution in [-0.2, 0) is 16.2 Å². The number of benzene rings is 3. The number of nitrogens with one attached hydrogen (secondary N) is 2. The number of amides is 2. The summed E-state index contributed by atoms with van der Waals surface area (Å²) in [5.41, 5.74) is 3.93. The van der Waals surface area contributed by atoms with Gasteiger partial charge in [0.1, 0.15) is 18.3 Å². The maximum atomic E-state index is 13.7. The fourth-order valence-corrected chi connectivity index (χ4v) is 3.05. The van der Waals surface area contributed by atoms with Crippen molar-refractivity contribution < 1.29 is 23.5 Å². The first-order chi connectivity index (χ1) is 16.9. The lowest BCUT2D eigenvalue weighted by Crippen LogP contribution is -2.34. The number of anilines is 1. The summed E-state index contributed by atoms with van der Waals surface area (Å²) in [7, 11) is 0. The Balaban J connectivity index is 1.58. The zero-order valence-electron chi connectivity index (χ0n) is 19.3. The summed E-state index contributed by atoms with van der Waals surface area (Å²) >= 11 is 5.91. The first-order valence-corrected chi connectivity index (χ1v) is 11.3. The number of nitrogens with zero attached hydrogens (tertiary/aromatic N) is 1. The van der Waals surface area contributed by atoms with Crippen molar-refractivity contribution in [1.29, 1.82) is 0 Å². The number of halogens is 2. The van der Waals surface area contributed by atoms with Crippen LogP contribution in [0.2, 0.25) is 5.02 Å². The maximum Gasteiger partial charge on any atom is 0.252 e. The minimum absolute atomic E-state index is 0.00229. The van der Waals surface area contributed by atoms with Gasteiger partial charge in [-0.15, -0.1) is 0 Å². The van der Waals surface area contributed by atoms with Gasteiger partial charge in [-0.1, -0.05) is 35.9 Å². The predicted molar refractivity (Wildman–Crippen MR) is 133 cm³/mol. The standard InChI is InChI=1S/C26H25ClFN3O4/c1-3-34-24-14-19(10-13-23(24)35-16-18-8-11-20(27)12-9-18)15-29-31-26(33)17(2)25(32)30-22-7-5-4-6-21(22)28/h4-15,17H,3,16H2,1-2H3,(H,30,32)(H,31,33). The van der Waals surface area contributed by atoms with Gasteiger partial charge in [-0.3, -0.25) is 9.59 Å². The van der Waals surface area contributed by atoms with E-state index in [1.54, 1.807) is 36.4 Å². The zero-order valence-corrected chi connectivity index (χ0v) is 20.0. The number of carbonyl (C=O) groups excluding carboxylic acids is 2. The summed E-state index contributed by atoms with van der Waals surface area (Å²) in [6.45, 7) is 4.04. The van der Waals surface area contributed by atoms with Crippen molar-refractivity contribution in [3.8, 4) is 11.5 Å². The van der Waals surface area contributed by atoms with E-state index in [0.717, 1.165) is 5.56 Å². The molecule has 0 aliphatic carbocycles. The highest BCUT2D eigenvalue weighted by molar-refractivity contribution is 6.30. The van der Waals surface area contributed by atoms with Crippen LogP contribution >= 0.6 is 11.6 Å². The Labute approximate surface area is 207 Å². The molecule has 2 N–H and O–H groups in total. The molecule has 1 atom stereocenters. The number of hydrogen-bond acceptors (Lipinski definition) is 5. The molecule has 3 aromatic carbocycles. The molecule has 3 rings (SSSR count). The van der Waals surface area contributed by atoms with Crippen molar-refractivity contribution in [2.75, 3.05) is 11.9 Å². The quantitative estimate of drug-likeness (QED) is 0.229. The molecule has 0 aromatic heterocycles. The molecule has 0 radical (unpaired) electrons. The topological polar surface area (TPSA) is 89.0 Å². The van der Waals surface area contributed by atoms with Gasteiger partial charge >= 0.3 is 0 Å². The Hall–Kier alpha value is -3.91. The van der Waals surface area contributed by atoms with Gasteiger partial charge in [0.05, 0.1) is 18.5 Å². The van der Waals surface area contributed by atoms with Crippen LogP contribution in [0.5, 0.6) is 11.5 Å². The summed E-state index contributed by atoms with van der Waals surface area (Å²) in [5, 5.41) is 6.96. The van der Waals surface area contributed by atoms with Crippen molar-refractivity contribution in [1.82, 2.24) is 5.43 Å². The molecule has 0 fully saturated rings. The highest BCUT2D eigenvalue weighted by Gasteiger charge is 2.22. The average Bonchev–Trinajstić information content (AvgIpc) is 2.85. The van der Waals surface area contributed by atoms with Crippen LogP contribution in [0, 0.1) is 11.7 Å². The van der Waals surface area contributed by atoms with E-state index in [2.05, 4.69) is 15.8 Å². The van der Waals surface area contributed by atoms with Gasteiger partial charge in [-0.2, -0.15) is 5.10 Å². The highest BCUT2D eigenvalue weighted by atomic mass is 35.5. The Morgan fingerprint density at radius 3 is 2.49 bits per heavy atom. The van der Waals surface area contributed by atoms with E-state index in [1.165, 1.54) is 31.3 Å². The number of para-hydroxylation sites is 1. The third-order valence-corrected chi connectivity index (χ3v) is 5.13. The van der Waals surface area contributed by atoms with Crippen LogP contribution in [0.1, 0.15) is 25.0 Å². The lowest BCUT2D eigenvalue weighted by Gasteiger charge is -2.13. The molecule has 35 heavy (non-hydrogen) atoms. The van der Waals surface area contributed by atoms with Crippen LogP contribution in [0.3, 0.4) is 0 Å². The first kappa shape index (κ1) is 25.7. The van der Waals surface area contributed by atoms with E-state index in [1.807, 2.05) is 19.1 Å². The van der Waals surface area contributed by atoms with Crippen LogP contribution in [0.15, 0.2) is 71.8 Å². The van der Waals surface area contributed by atoms with Gasteiger partial charge in [0, 0.05) is 5.02 Å². The van der Waals surface area contributed by atoms with Gasteiger partial charge in [0.15, 0.2) is 11.5 Å². The van der Waals surface area contributed by atoms with E-state index < -0.39 is 23.5 Å². The van der Waals surface area contributed by atoms with Crippen molar-refractivity contribution in [3.05, 3.63) is 88.7 Å².